The van der Waals surface area contributed by atoms with E-state index in [9.17, 15) is 4.79 Å². The smallest absolute Gasteiger partial charge is 0.240 e. The first kappa shape index (κ1) is 10.7. The van der Waals surface area contributed by atoms with Gasteiger partial charge in [0, 0.05) is 12.2 Å². The molecular weight excluding hydrogens is 254 g/mol. The highest BCUT2D eigenvalue weighted by atomic mass is 79.9. The zero-order valence-corrected chi connectivity index (χ0v) is 10.3. The van der Waals surface area contributed by atoms with Gasteiger partial charge >= 0.3 is 0 Å². The third kappa shape index (κ3) is 2.07. The summed E-state index contributed by atoms with van der Waals surface area (Å²) in [6, 6.07) is 8.16. The van der Waals surface area contributed by atoms with Gasteiger partial charge in [-0.05, 0) is 31.4 Å². The highest BCUT2D eigenvalue weighted by molar-refractivity contribution is 9.10. The van der Waals surface area contributed by atoms with Crippen molar-refractivity contribution < 1.29 is 4.79 Å². The van der Waals surface area contributed by atoms with E-state index >= 15 is 0 Å². The Hall–Kier alpha value is -0.830. The molecule has 1 atom stereocenters. The zero-order chi connectivity index (χ0) is 10.8. The van der Waals surface area contributed by atoms with Crippen LogP contribution in [0.5, 0.6) is 0 Å². The van der Waals surface area contributed by atoms with Crippen molar-refractivity contribution in [1.82, 2.24) is 0 Å². The summed E-state index contributed by atoms with van der Waals surface area (Å²) in [6.45, 7) is 2.71. The minimum atomic E-state index is -0.108. The van der Waals surface area contributed by atoms with E-state index in [1.165, 1.54) is 5.56 Å². The second-order valence-electron chi connectivity index (χ2n) is 3.84. The first-order chi connectivity index (χ1) is 7.20. The molecule has 1 aliphatic rings. The van der Waals surface area contributed by atoms with Gasteiger partial charge in [0.05, 0.1) is 4.83 Å². The van der Waals surface area contributed by atoms with Gasteiger partial charge in [-0.1, -0.05) is 34.1 Å². The van der Waals surface area contributed by atoms with E-state index < -0.39 is 0 Å². The molecule has 0 aliphatic carbocycles. The summed E-state index contributed by atoms with van der Waals surface area (Å²) in [5.41, 5.74) is 2.37. The van der Waals surface area contributed by atoms with Gasteiger partial charge in [-0.15, -0.1) is 0 Å². The fraction of sp³-hybridized carbons (Fsp3) is 0.417. The van der Waals surface area contributed by atoms with E-state index in [0.717, 1.165) is 25.1 Å². The molecule has 0 saturated heterocycles. The second kappa shape index (κ2) is 4.35. The van der Waals surface area contributed by atoms with Crippen LogP contribution < -0.4 is 4.90 Å². The number of para-hydroxylation sites is 1. The molecule has 0 aromatic heterocycles. The summed E-state index contributed by atoms with van der Waals surface area (Å²) in [6.07, 6.45) is 2.14. The molecule has 1 aliphatic heterocycles. The number of carbonyl (C=O) groups excluding carboxylic acids is 1. The van der Waals surface area contributed by atoms with Gasteiger partial charge in [0.15, 0.2) is 0 Å². The molecule has 0 spiro atoms. The number of hydrogen-bond acceptors (Lipinski definition) is 1. The average Bonchev–Trinajstić information content (AvgIpc) is 2.27. The Morgan fingerprint density at radius 1 is 1.47 bits per heavy atom. The molecule has 0 bridgehead atoms. The van der Waals surface area contributed by atoms with Crippen molar-refractivity contribution in [2.75, 3.05) is 11.4 Å². The summed E-state index contributed by atoms with van der Waals surface area (Å²) in [7, 11) is 0. The normalized spacial score (nSPS) is 17.1. The third-order valence-electron chi connectivity index (χ3n) is 2.72. The van der Waals surface area contributed by atoms with E-state index in [1.54, 1.807) is 0 Å². The largest absolute Gasteiger partial charge is 0.311 e. The summed E-state index contributed by atoms with van der Waals surface area (Å²) >= 11 is 3.34. The monoisotopic (exact) mass is 267 g/mol. The van der Waals surface area contributed by atoms with Gasteiger partial charge in [-0.2, -0.15) is 0 Å². The number of benzene rings is 1. The number of aryl methyl sites for hydroxylation is 1. The van der Waals surface area contributed by atoms with Crippen LogP contribution in [-0.2, 0) is 11.2 Å². The topological polar surface area (TPSA) is 20.3 Å². The molecule has 0 radical (unpaired) electrons. The SMILES string of the molecule is CC(Br)C(=O)N1CCCc2ccccc21. The first-order valence-corrected chi connectivity index (χ1v) is 6.15. The van der Waals surface area contributed by atoms with Crippen LogP contribution in [0.3, 0.4) is 0 Å². The maximum absolute atomic E-state index is 11.9. The number of halogens is 1. The minimum Gasteiger partial charge on any atom is -0.311 e. The molecule has 0 N–H and O–H groups in total. The molecule has 2 nitrogen and oxygen atoms in total. The lowest BCUT2D eigenvalue weighted by molar-refractivity contribution is -0.117. The number of carbonyl (C=O) groups is 1. The first-order valence-electron chi connectivity index (χ1n) is 5.23. The Labute approximate surface area is 98.4 Å². The van der Waals surface area contributed by atoms with E-state index in [-0.39, 0.29) is 10.7 Å². The van der Waals surface area contributed by atoms with Gasteiger partial charge in [-0.25, -0.2) is 0 Å². The van der Waals surface area contributed by atoms with Crippen molar-refractivity contribution in [1.29, 1.82) is 0 Å². The van der Waals surface area contributed by atoms with E-state index in [0.29, 0.717) is 0 Å². The molecular formula is C12H14BrNO. The summed E-state index contributed by atoms with van der Waals surface area (Å²) in [5, 5.41) is 0. The van der Waals surface area contributed by atoms with Crippen molar-refractivity contribution in [2.45, 2.75) is 24.6 Å². The molecule has 15 heavy (non-hydrogen) atoms. The zero-order valence-electron chi connectivity index (χ0n) is 8.74. The van der Waals surface area contributed by atoms with Crippen molar-refractivity contribution >= 4 is 27.5 Å². The van der Waals surface area contributed by atoms with Crippen molar-refractivity contribution in [3.63, 3.8) is 0 Å². The molecule has 3 heteroatoms. The lowest BCUT2D eigenvalue weighted by Gasteiger charge is -2.30. The lowest BCUT2D eigenvalue weighted by Crippen LogP contribution is -2.39. The quantitative estimate of drug-likeness (QED) is 0.717. The molecule has 0 saturated carbocycles. The van der Waals surface area contributed by atoms with Crippen molar-refractivity contribution in [3.8, 4) is 0 Å². The fourth-order valence-electron chi connectivity index (χ4n) is 1.98. The Morgan fingerprint density at radius 2 is 2.20 bits per heavy atom. The molecule has 1 amide bonds. The van der Waals surface area contributed by atoms with Crippen LogP contribution in [0.1, 0.15) is 18.9 Å². The Bertz CT molecular complexity index is 376. The Morgan fingerprint density at radius 3 is 2.93 bits per heavy atom. The predicted molar refractivity (Wildman–Crippen MR) is 65.5 cm³/mol. The molecule has 1 aromatic rings. The highest BCUT2D eigenvalue weighted by Crippen LogP contribution is 2.27. The van der Waals surface area contributed by atoms with Crippen LogP contribution in [0, 0.1) is 0 Å². The van der Waals surface area contributed by atoms with Crippen LogP contribution in [0.25, 0.3) is 0 Å². The standard InChI is InChI=1S/C12H14BrNO/c1-9(13)12(15)14-8-4-6-10-5-2-3-7-11(10)14/h2-3,5,7,9H,4,6,8H2,1H3. The molecule has 1 heterocycles. The van der Waals surface area contributed by atoms with Gasteiger partial charge in [0.2, 0.25) is 5.91 Å². The molecule has 80 valence electrons. The maximum atomic E-state index is 11.9. The maximum Gasteiger partial charge on any atom is 0.240 e. The predicted octanol–water partition coefficient (Wildman–Crippen LogP) is 2.75. The molecule has 1 unspecified atom stereocenters. The van der Waals surface area contributed by atoms with Crippen LogP contribution >= 0.6 is 15.9 Å². The number of hydrogen-bond donors (Lipinski definition) is 0. The lowest BCUT2D eigenvalue weighted by atomic mass is 10.0. The van der Waals surface area contributed by atoms with E-state index in [4.69, 9.17) is 0 Å². The molecule has 0 fully saturated rings. The fourth-order valence-corrected chi connectivity index (χ4v) is 2.22. The van der Waals surface area contributed by atoms with E-state index in [2.05, 4.69) is 22.0 Å². The highest BCUT2D eigenvalue weighted by Gasteiger charge is 2.24. The number of fused-ring (bicyclic) bond motifs is 1. The van der Waals surface area contributed by atoms with Gasteiger partial charge in [0.1, 0.15) is 0 Å². The van der Waals surface area contributed by atoms with Gasteiger partial charge in [-0.3, -0.25) is 4.79 Å². The molecule has 1 aromatic carbocycles. The van der Waals surface area contributed by atoms with E-state index in [1.807, 2.05) is 30.0 Å². The molecule has 2 rings (SSSR count). The number of alkyl halides is 1. The van der Waals surface area contributed by atoms with Crippen LogP contribution in [0.15, 0.2) is 24.3 Å². The second-order valence-corrected chi connectivity index (χ2v) is 5.21. The Balaban J connectivity index is 2.34. The summed E-state index contributed by atoms with van der Waals surface area (Å²) in [4.78, 5) is 13.7. The summed E-state index contributed by atoms with van der Waals surface area (Å²) < 4.78 is 0. The van der Waals surface area contributed by atoms with Crippen LogP contribution in [0.2, 0.25) is 0 Å². The minimum absolute atomic E-state index is 0.108. The number of rotatable bonds is 1. The third-order valence-corrected chi connectivity index (χ3v) is 3.11. The summed E-state index contributed by atoms with van der Waals surface area (Å²) in [5.74, 6) is 0.155. The van der Waals surface area contributed by atoms with Crippen molar-refractivity contribution in [3.05, 3.63) is 29.8 Å². The Kier molecular flexibility index (Phi) is 3.10. The average molecular weight is 268 g/mol. The number of nitrogens with zero attached hydrogens (tertiary/aromatic N) is 1. The van der Waals surface area contributed by atoms with Crippen LogP contribution in [0.4, 0.5) is 5.69 Å². The van der Waals surface area contributed by atoms with Gasteiger partial charge in [0.25, 0.3) is 0 Å². The van der Waals surface area contributed by atoms with Crippen molar-refractivity contribution in [2.24, 2.45) is 0 Å². The van der Waals surface area contributed by atoms with Crippen LogP contribution in [-0.4, -0.2) is 17.3 Å². The number of amides is 1. The van der Waals surface area contributed by atoms with Gasteiger partial charge < -0.3 is 4.90 Å². The number of anilines is 1.